The molecule has 2 unspecified atom stereocenters. The van der Waals surface area contributed by atoms with Crippen molar-refractivity contribution in [3.8, 4) is 0 Å². The molecular weight excluding hydrogens is 260 g/mol. The minimum absolute atomic E-state index is 0.123. The largest absolute Gasteiger partial charge is 0.372 e. The van der Waals surface area contributed by atoms with Gasteiger partial charge in [-0.2, -0.15) is 11.8 Å². The van der Waals surface area contributed by atoms with E-state index >= 15 is 0 Å². The van der Waals surface area contributed by atoms with Gasteiger partial charge in [-0.1, -0.05) is 6.92 Å². The van der Waals surface area contributed by atoms with Gasteiger partial charge in [0.15, 0.2) is 0 Å². The highest BCUT2D eigenvalue weighted by Crippen LogP contribution is 2.29. The smallest absolute Gasteiger partial charge is 0.271 e. The van der Waals surface area contributed by atoms with Crippen LogP contribution in [-0.4, -0.2) is 40.0 Å². The van der Waals surface area contributed by atoms with Crippen LogP contribution in [0.5, 0.6) is 0 Å². The summed E-state index contributed by atoms with van der Waals surface area (Å²) in [4.78, 5) is 20.2. The fraction of sp³-hybridized carbons (Fsp3) is 0.615. The molecule has 1 fully saturated rings. The number of thioether (sulfide) groups is 1. The Hall–Kier alpha value is -1.30. The monoisotopic (exact) mass is 280 g/mol. The highest BCUT2D eigenvalue weighted by Gasteiger charge is 2.26. The standard InChI is InChI=1S/C13H20N4OS/c1-3-19-10-5-4-9(6-10)17-13(18)11-7-16-12(14-2)8-15-11/h7-10H,3-6H2,1-2H3,(H,14,16)(H,17,18). The van der Waals surface area contributed by atoms with E-state index in [0.29, 0.717) is 16.8 Å². The lowest BCUT2D eigenvalue weighted by Gasteiger charge is -2.12. The van der Waals surface area contributed by atoms with Crippen molar-refractivity contribution >= 4 is 23.5 Å². The first-order chi connectivity index (χ1) is 9.22. The Bertz CT molecular complexity index is 423. The molecular formula is C13H20N4OS. The first-order valence-electron chi connectivity index (χ1n) is 6.65. The summed E-state index contributed by atoms with van der Waals surface area (Å²) >= 11 is 1.98. The lowest BCUT2D eigenvalue weighted by atomic mass is 10.2. The average Bonchev–Trinajstić information content (AvgIpc) is 2.86. The maximum Gasteiger partial charge on any atom is 0.271 e. The highest BCUT2D eigenvalue weighted by molar-refractivity contribution is 7.99. The van der Waals surface area contributed by atoms with Gasteiger partial charge in [-0.3, -0.25) is 4.79 Å². The molecule has 1 aromatic rings. The molecule has 2 rings (SSSR count). The number of hydrogen-bond donors (Lipinski definition) is 2. The Morgan fingerprint density at radius 3 is 2.89 bits per heavy atom. The summed E-state index contributed by atoms with van der Waals surface area (Å²) in [5.74, 6) is 1.68. The van der Waals surface area contributed by atoms with Crippen LogP contribution in [0.4, 0.5) is 5.82 Å². The van der Waals surface area contributed by atoms with Crippen LogP contribution in [0.15, 0.2) is 12.4 Å². The average molecular weight is 280 g/mol. The molecule has 1 saturated carbocycles. The summed E-state index contributed by atoms with van der Waals surface area (Å²) in [6, 6.07) is 0.280. The molecule has 1 heterocycles. The van der Waals surface area contributed by atoms with Gasteiger partial charge >= 0.3 is 0 Å². The fourth-order valence-corrected chi connectivity index (χ4v) is 3.43. The summed E-state index contributed by atoms with van der Waals surface area (Å²) in [7, 11) is 1.77. The molecule has 2 N–H and O–H groups in total. The molecule has 1 aliphatic carbocycles. The predicted octanol–water partition coefficient (Wildman–Crippen LogP) is 1.92. The zero-order chi connectivity index (χ0) is 13.7. The van der Waals surface area contributed by atoms with Crippen LogP contribution in [0.3, 0.4) is 0 Å². The summed E-state index contributed by atoms with van der Waals surface area (Å²) in [6.07, 6.45) is 6.39. The number of anilines is 1. The minimum atomic E-state index is -0.123. The third kappa shape index (κ3) is 3.83. The molecule has 104 valence electrons. The van der Waals surface area contributed by atoms with E-state index in [-0.39, 0.29) is 11.9 Å². The van der Waals surface area contributed by atoms with Gasteiger partial charge < -0.3 is 10.6 Å². The van der Waals surface area contributed by atoms with E-state index in [0.717, 1.165) is 18.6 Å². The second kappa shape index (κ2) is 6.75. The number of nitrogens with one attached hydrogen (secondary N) is 2. The van der Waals surface area contributed by atoms with Crippen LogP contribution < -0.4 is 10.6 Å². The van der Waals surface area contributed by atoms with E-state index in [1.54, 1.807) is 13.2 Å². The van der Waals surface area contributed by atoms with Crippen molar-refractivity contribution in [3.63, 3.8) is 0 Å². The fourth-order valence-electron chi connectivity index (χ4n) is 2.29. The molecule has 5 nitrogen and oxygen atoms in total. The van der Waals surface area contributed by atoms with E-state index in [1.807, 2.05) is 11.8 Å². The van der Waals surface area contributed by atoms with Crippen molar-refractivity contribution in [2.24, 2.45) is 0 Å². The minimum Gasteiger partial charge on any atom is -0.372 e. The van der Waals surface area contributed by atoms with Gasteiger partial charge in [-0.25, -0.2) is 9.97 Å². The maximum absolute atomic E-state index is 12.0. The highest BCUT2D eigenvalue weighted by atomic mass is 32.2. The van der Waals surface area contributed by atoms with Crippen molar-refractivity contribution in [2.45, 2.75) is 37.5 Å². The van der Waals surface area contributed by atoms with Crippen molar-refractivity contribution < 1.29 is 4.79 Å². The van der Waals surface area contributed by atoms with Gasteiger partial charge in [0.1, 0.15) is 11.5 Å². The normalized spacial score (nSPS) is 22.2. The molecule has 0 radical (unpaired) electrons. The van der Waals surface area contributed by atoms with Crippen LogP contribution in [0, 0.1) is 0 Å². The third-order valence-electron chi connectivity index (χ3n) is 3.26. The van der Waals surface area contributed by atoms with Crippen LogP contribution >= 0.6 is 11.8 Å². The first kappa shape index (κ1) is 14.1. The summed E-state index contributed by atoms with van der Waals surface area (Å²) in [5, 5.41) is 6.61. The van der Waals surface area contributed by atoms with Gasteiger partial charge in [0.05, 0.1) is 12.4 Å². The molecule has 1 amide bonds. The SMILES string of the molecule is CCSC1CCC(NC(=O)c2cnc(NC)cn2)C1. The molecule has 0 bridgehead atoms. The summed E-state index contributed by atoms with van der Waals surface area (Å²) in [6.45, 7) is 2.18. The van der Waals surface area contributed by atoms with E-state index < -0.39 is 0 Å². The number of carbonyl (C=O) groups is 1. The number of carbonyl (C=O) groups excluding carboxylic acids is 1. The zero-order valence-corrected chi connectivity index (χ0v) is 12.2. The third-order valence-corrected chi connectivity index (χ3v) is 4.50. The van der Waals surface area contributed by atoms with Crippen molar-refractivity contribution in [2.75, 3.05) is 18.1 Å². The molecule has 1 aromatic heterocycles. The van der Waals surface area contributed by atoms with Crippen LogP contribution in [0.2, 0.25) is 0 Å². The second-order valence-corrected chi connectivity index (χ2v) is 6.18. The number of hydrogen-bond acceptors (Lipinski definition) is 5. The Morgan fingerprint density at radius 2 is 2.26 bits per heavy atom. The molecule has 0 saturated heterocycles. The van der Waals surface area contributed by atoms with E-state index in [9.17, 15) is 4.79 Å². The first-order valence-corrected chi connectivity index (χ1v) is 7.70. The van der Waals surface area contributed by atoms with Gasteiger partial charge in [0.25, 0.3) is 5.91 Å². The van der Waals surface area contributed by atoms with E-state index in [2.05, 4.69) is 27.5 Å². The molecule has 2 atom stereocenters. The predicted molar refractivity (Wildman–Crippen MR) is 78.6 cm³/mol. The molecule has 0 aromatic carbocycles. The van der Waals surface area contributed by atoms with Gasteiger partial charge in [0, 0.05) is 18.3 Å². The van der Waals surface area contributed by atoms with E-state index in [1.165, 1.54) is 12.6 Å². The van der Waals surface area contributed by atoms with E-state index in [4.69, 9.17) is 0 Å². The molecule has 19 heavy (non-hydrogen) atoms. The molecule has 6 heteroatoms. The second-order valence-electron chi connectivity index (χ2n) is 4.60. The topological polar surface area (TPSA) is 66.9 Å². The molecule has 1 aliphatic rings. The summed E-state index contributed by atoms with van der Waals surface area (Å²) < 4.78 is 0. The van der Waals surface area contributed by atoms with Gasteiger partial charge in [-0.15, -0.1) is 0 Å². The number of amides is 1. The lowest BCUT2D eigenvalue weighted by Crippen LogP contribution is -2.33. The Balaban J connectivity index is 1.87. The van der Waals surface area contributed by atoms with Crippen LogP contribution in [-0.2, 0) is 0 Å². The quantitative estimate of drug-likeness (QED) is 0.862. The number of aromatic nitrogens is 2. The lowest BCUT2D eigenvalue weighted by molar-refractivity contribution is 0.0932. The number of nitrogens with zero attached hydrogens (tertiary/aromatic N) is 2. The zero-order valence-electron chi connectivity index (χ0n) is 11.3. The van der Waals surface area contributed by atoms with Crippen molar-refractivity contribution in [3.05, 3.63) is 18.1 Å². The van der Waals surface area contributed by atoms with Crippen LogP contribution in [0.25, 0.3) is 0 Å². The Labute approximate surface area is 118 Å². The van der Waals surface area contributed by atoms with Gasteiger partial charge in [0.2, 0.25) is 0 Å². The van der Waals surface area contributed by atoms with Crippen molar-refractivity contribution in [1.29, 1.82) is 0 Å². The Morgan fingerprint density at radius 1 is 1.42 bits per heavy atom. The van der Waals surface area contributed by atoms with Crippen molar-refractivity contribution in [1.82, 2.24) is 15.3 Å². The van der Waals surface area contributed by atoms with Gasteiger partial charge in [-0.05, 0) is 25.0 Å². The molecule has 0 spiro atoms. The molecule has 0 aliphatic heterocycles. The Kier molecular flexibility index (Phi) is 5.01. The van der Waals surface area contributed by atoms with Crippen LogP contribution in [0.1, 0.15) is 36.7 Å². The summed E-state index contributed by atoms with van der Waals surface area (Å²) in [5.41, 5.74) is 0.380. The maximum atomic E-state index is 12.0. The number of rotatable bonds is 5.